The number of nitrogens with two attached hydrogens (primary N) is 1. The molecule has 6 atom stereocenters. The van der Waals surface area contributed by atoms with Gasteiger partial charge in [-0.05, 0) is 51.0 Å². The molecule has 0 aromatic heterocycles. The van der Waals surface area contributed by atoms with Gasteiger partial charge in [0.15, 0.2) is 11.9 Å². The minimum absolute atomic E-state index is 0.0831. The Kier molecular flexibility index (Phi) is 18.0. The maximum absolute atomic E-state index is 14.3. The fourth-order valence-electron chi connectivity index (χ4n) is 6.04. The van der Waals surface area contributed by atoms with E-state index in [1.54, 1.807) is 39.0 Å². The molecule has 0 saturated heterocycles. The van der Waals surface area contributed by atoms with Crippen LogP contribution in [0.15, 0.2) is 63.2 Å². The fraction of sp³-hybridized carbons (Fsp3) is 0.605. The van der Waals surface area contributed by atoms with E-state index in [0.29, 0.717) is 25.1 Å². The zero-order valence-electron chi connectivity index (χ0n) is 31.7. The summed E-state index contributed by atoms with van der Waals surface area (Å²) in [6, 6.07) is 0. The Balaban J connectivity index is 2.77. The van der Waals surface area contributed by atoms with E-state index < -0.39 is 53.9 Å². The van der Waals surface area contributed by atoms with Crippen LogP contribution in [0.4, 0.5) is 4.79 Å². The first-order valence-electron chi connectivity index (χ1n) is 17.7. The lowest BCUT2D eigenvalue weighted by atomic mass is 9.84. The number of primary amides is 1. The molecule has 13 heteroatoms. The number of rotatable bonds is 12. The van der Waals surface area contributed by atoms with Crippen LogP contribution in [0, 0.1) is 11.8 Å². The normalized spacial score (nSPS) is 28.5. The van der Waals surface area contributed by atoms with Crippen molar-refractivity contribution in [3.8, 4) is 0 Å². The first kappa shape index (κ1) is 43.1. The number of aliphatic hydroxyl groups excluding tert-OH is 1. The molecule has 0 saturated carbocycles. The van der Waals surface area contributed by atoms with Crippen LogP contribution in [0.2, 0.25) is 0 Å². The number of hydrogen-bond acceptors (Lipinski definition) is 11. The van der Waals surface area contributed by atoms with Gasteiger partial charge in [-0.3, -0.25) is 19.4 Å². The number of hydrogen-bond donors (Lipinski definition) is 3. The van der Waals surface area contributed by atoms with Crippen LogP contribution >= 0.6 is 0 Å². The average Bonchev–Trinajstić information content (AvgIpc) is 3.09. The molecule has 4 N–H and O–H groups in total. The summed E-state index contributed by atoms with van der Waals surface area (Å²) in [5.74, 6) is -2.61. The zero-order valence-corrected chi connectivity index (χ0v) is 31.7. The lowest BCUT2D eigenvalue weighted by molar-refractivity contribution is -0.121. The van der Waals surface area contributed by atoms with Crippen LogP contribution < -0.4 is 11.1 Å². The fourth-order valence-corrected chi connectivity index (χ4v) is 6.04. The van der Waals surface area contributed by atoms with Crippen molar-refractivity contribution in [2.45, 2.75) is 104 Å². The van der Waals surface area contributed by atoms with Gasteiger partial charge in [-0.2, -0.15) is 5.10 Å². The molecule has 1 aliphatic heterocycles. The second-order valence-corrected chi connectivity index (χ2v) is 13.2. The molecule has 1 heterocycles. The summed E-state index contributed by atoms with van der Waals surface area (Å²) in [4.78, 5) is 53.7. The van der Waals surface area contributed by atoms with Crippen molar-refractivity contribution < 1.29 is 43.2 Å². The molecule has 0 aromatic rings. The number of ketones is 2. The lowest BCUT2D eigenvalue weighted by Gasteiger charge is -2.30. The van der Waals surface area contributed by atoms with E-state index in [4.69, 9.17) is 24.7 Å². The first-order chi connectivity index (χ1) is 24.2. The van der Waals surface area contributed by atoms with Crippen molar-refractivity contribution in [1.82, 2.24) is 10.3 Å². The van der Waals surface area contributed by atoms with Crippen LogP contribution in [-0.2, 0) is 33.3 Å². The third-order valence-electron chi connectivity index (χ3n) is 9.03. The number of amides is 2. The Morgan fingerprint density at radius 1 is 1.06 bits per heavy atom. The molecular formula is C38H58N4O9. The van der Waals surface area contributed by atoms with Gasteiger partial charge in [-0.25, -0.2) is 4.79 Å². The Morgan fingerprint density at radius 3 is 2.25 bits per heavy atom. The molecule has 2 amide bonds. The molecule has 284 valence electrons. The van der Waals surface area contributed by atoms with Crippen molar-refractivity contribution in [2.75, 3.05) is 34.4 Å². The number of nitrogens with zero attached hydrogens (tertiary/aromatic N) is 2. The second-order valence-electron chi connectivity index (χ2n) is 13.2. The van der Waals surface area contributed by atoms with Crippen molar-refractivity contribution in [3.63, 3.8) is 0 Å². The van der Waals surface area contributed by atoms with Crippen molar-refractivity contribution in [2.24, 2.45) is 22.7 Å². The van der Waals surface area contributed by atoms with E-state index in [2.05, 4.69) is 24.3 Å². The summed E-state index contributed by atoms with van der Waals surface area (Å²) in [7, 11) is 4.26. The highest BCUT2D eigenvalue weighted by molar-refractivity contribution is 6.32. The summed E-state index contributed by atoms with van der Waals surface area (Å²) in [6.07, 6.45) is 7.45. The lowest BCUT2D eigenvalue weighted by Crippen LogP contribution is -2.38. The maximum atomic E-state index is 14.3. The van der Waals surface area contributed by atoms with Gasteiger partial charge < -0.3 is 35.1 Å². The van der Waals surface area contributed by atoms with Crippen LogP contribution in [0.25, 0.3) is 0 Å². The van der Waals surface area contributed by atoms with E-state index in [1.165, 1.54) is 33.6 Å². The molecule has 0 radical (unpaired) electrons. The molecule has 2 unspecified atom stereocenters. The first-order valence-corrected chi connectivity index (χ1v) is 17.7. The molecule has 1 aliphatic carbocycles. The number of carbonyl (C=O) groups is 4. The van der Waals surface area contributed by atoms with Gasteiger partial charge in [-0.15, -0.1) is 0 Å². The van der Waals surface area contributed by atoms with E-state index in [0.717, 1.165) is 25.7 Å². The number of aliphatic hydroxyl groups is 1. The minimum Gasteiger partial charge on any atom is -0.492 e. The van der Waals surface area contributed by atoms with E-state index >= 15 is 0 Å². The van der Waals surface area contributed by atoms with Crippen molar-refractivity contribution in [3.05, 3.63) is 58.1 Å². The highest BCUT2D eigenvalue weighted by Crippen LogP contribution is 2.31. The van der Waals surface area contributed by atoms with E-state index in [-0.39, 0.29) is 40.5 Å². The molecule has 0 fully saturated rings. The minimum atomic E-state index is -1.01. The third-order valence-corrected chi connectivity index (χ3v) is 9.03. The molecule has 2 bridgehead atoms. The predicted molar refractivity (Wildman–Crippen MR) is 195 cm³/mol. The molecule has 2 rings (SSSR count). The summed E-state index contributed by atoms with van der Waals surface area (Å²) < 4.78 is 22.3. The smallest absolute Gasteiger partial charge is 0.405 e. The number of unbranched alkanes of at least 4 members (excludes halogenated alkanes) is 2. The maximum Gasteiger partial charge on any atom is 0.405 e. The Hall–Kier alpha value is -4.07. The topological polar surface area (TPSA) is 179 Å². The van der Waals surface area contributed by atoms with Gasteiger partial charge in [0.05, 0.1) is 31.1 Å². The van der Waals surface area contributed by atoms with Crippen LogP contribution in [0.5, 0.6) is 0 Å². The van der Waals surface area contributed by atoms with Crippen LogP contribution in [-0.4, -0.2) is 98.7 Å². The molecule has 0 spiro atoms. The van der Waals surface area contributed by atoms with Gasteiger partial charge in [0.25, 0.3) is 5.91 Å². The SMILES string of the molecule is CCCCN(CCCC)/N=C/C1=C2NC(=O)/C(C)=C\C=C\[C@@H](OC)[C@H](OC(N)=O)/C(C)=C/[C@@H](C)[C@H](O)C(OC)CC(C)CC(=C(OC)C1=O)C2=O. The highest BCUT2D eigenvalue weighted by atomic mass is 16.6. The van der Waals surface area contributed by atoms with Crippen LogP contribution in [0.3, 0.4) is 0 Å². The number of fused-ring (bicyclic) bond motifs is 2. The summed E-state index contributed by atoms with van der Waals surface area (Å²) in [5, 5.41) is 20.5. The third kappa shape index (κ3) is 12.3. The Labute approximate surface area is 302 Å². The number of methoxy groups -OCH3 is 3. The molecule has 51 heavy (non-hydrogen) atoms. The van der Waals surface area contributed by atoms with Crippen molar-refractivity contribution >= 4 is 29.8 Å². The number of ether oxygens (including phenoxy) is 4. The quantitative estimate of drug-likeness (QED) is 0.111. The number of allylic oxidation sites excluding steroid dienone is 4. The van der Waals surface area contributed by atoms with Gasteiger partial charge in [-0.1, -0.05) is 64.8 Å². The summed E-state index contributed by atoms with van der Waals surface area (Å²) in [6.45, 7) is 12.5. The van der Waals surface area contributed by atoms with Gasteiger partial charge in [0.1, 0.15) is 11.8 Å². The zero-order chi connectivity index (χ0) is 38.2. The van der Waals surface area contributed by atoms with Crippen LogP contribution in [0.1, 0.15) is 80.1 Å². The van der Waals surface area contributed by atoms with E-state index in [9.17, 15) is 24.3 Å². The van der Waals surface area contributed by atoms with Gasteiger partial charge in [0.2, 0.25) is 11.6 Å². The number of hydrazone groups is 1. The Morgan fingerprint density at radius 2 is 1.71 bits per heavy atom. The number of carbonyl (C=O) groups excluding carboxylic acids is 4. The Bertz CT molecular complexity index is 1420. The molecule has 2 aliphatic rings. The largest absolute Gasteiger partial charge is 0.492 e. The highest BCUT2D eigenvalue weighted by Gasteiger charge is 2.38. The standard InChI is InChI=1S/C38H58N4O9/c1-10-12-17-42(18-13-11-2)40-22-28-31-33(44)27(36(50-9)34(28)45)19-23(3)20-30(49-8)32(43)25(5)21-26(6)35(51-38(39)47)29(48-7)16-14-15-24(4)37(46)41-31/h14-16,21-23,25,29-30,32,35,43H,10-13,17-20H2,1-9H3,(H2,39,47)(H,41,46)/b16-14+,24-15-,26-21+,40-22+/t23?,25-,29-,30?,32+,35-/m1/s1. The molecule has 0 aromatic carbocycles. The number of nitrogens with one attached hydrogen (secondary N) is 1. The van der Waals surface area contributed by atoms with Gasteiger partial charge in [0, 0.05) is 44.4 Å². The molecule has 13 nitrogen and oxygen atoms in total. The summed E-state index contributed by atoms with van der Waals surface area (Å²) >= 11 is 0. The number of Topliss-reactive ketones (excluding diaryl/α,β-unsaturated/α-hetero) is 2. The van der Waals surface area contributed by atoms with E-state index in [1.807, 2.05) is 11.9 Å². The van der Waals surface area contributed by atoms with Gasteiger partial charge >= 0.3 is 6.09 Å². The second kappa shape index (κ2) is 21.3. The average molecular weight is 715 g/mol. The van der Waals surface area contributed by atoms with Crippen molar-refractivity contribution in [1.29, 1.82) is 0 Å². The molecular weight excluding hydrogens is 656 g/mol. The predicted octanol–water partition coefficient (Wildman–Crippen LogP) is 4.67. The summed E-state index contributed by atoms with van der Waals surface area (Å²) in [5.41, 5.74) is 6.02. The monoisotopic (exact) mass is 714 g/mol.